The van der Waals surface area contributed by atoms with Crippen LogP contribution >= 0.6 is 0 Å². The van der Waals surface area contributed by atoms with Crippen molar-refractivity contribution in [2.75, 3.05) is 27.2 Å². The van der Waals surface area contributed by atoms with Crippen molar-refractivity contribution in [1.82, 2.24) is 9.21 Å². The lowest BCUT2D eigenvalue weighted by molar-refractivity contribution is 0.282. The van der Waals surface area contributed by atoms with Crippen LogP contribution in [-0.2, 0) is 10.0 Å². The summed E-state index contributed by atoms with van der Waals surface area (Å²) in [6, 6.07) is 8.95. The van der Waals surface area contributed by atoms with Gasteiger partial charge in [-0.15, -0.1) is 0 Å². The quantitative estimate of drug-likeness (QED) is 0.808. The van der Waals surface area contributed by atoms with Gasteiger partial charge in [0.15, 0.2) is 0 Å². The largest absolute Gasteiger partial charge is 0.308 e. The first-order valence-corrected chi connectivity index (χ1v) is 8.67. The maximum Gasteiger partial charge on any atom is 0.243 e. The van der Waals surface area contributed by atoms with E-state index in [1.54, 1.807) is 28.6 Å². The second kappa shape index (κ2) is 6.70. The Morgan fingerprint density at radius 2 is 1.65 bits per heavy atom. The molecule has 1 aromatic carbocycles. The first kappa shape index (κ1) is 15.5. The van der Waals surface area contributed by atoms with Crippen LogP contribution in [0.15, 0.2) is 35.2 Å². The fraction of sp³-hybridized carbons (Fsp3) is 0.600. The minimum atomic E-state index is -3.37. The third kappa shape index (κ3) is 3.59. The van der Waals surface area contributed by atoms with Gasteiger partial charge in [0.2, 0.25) is 10.0 Å². The molecule has 1 aliphatic rings. The van der Waals surface area contributed by atoms with Crippen molar-refractivity contribution in [2.45, 2.75) is 36.6 Å². The molecule has 0 aliphatic heterocycles. The van der Waals surface area contributed by atoms with Crippen LogP contribution in [0.5, 0.6) is 0 Å². The minimum absolute atomic E-state index is 0.167. The molecular formula is C15H24N2O2S. The third-order valence-corrected chi connectivity index (χ3v) is 5.82. The molecule has 0 atom stereocenters. The molecule has 0 spiro atoms. The molecule has 2 rings (SSSR count). The number of sulfonamides is 1. The Balaban J connectivity index is 2.24. The molecule has 5 heteroatoms. The first-order chi connectivity index (χ1) is 9.51. The van der Waals surface area contributed by atoms with Gasteiger partial charge < -0.3 is 4.90 Å². The predicted octanol–water partition coefficient (Wildman–Crippen LogP) is 2.18. The Kier molecular flexibility index (Phi) is 5.18. The maximum atomic E-state index is 12.8. The fourth-order valence-electron chi connectivity index (χ4n) is 2.72. The summed E-state index contributed by atoms with van der Waals surface area (Å²) in [5.41, 5.74) is 0. The standard InChI is InChI=1S/C15H24N2O2S/c1-16(2)12-13-17(14-8-6-7-9-14)20(18,19)15-10-4-3-5-11-15/h3-5,10-11,14H,6-9,12-13H2,1-2H3. The third-order valence-electron chi connectivity index (χ3n) is 3.85. The Bertz CT molecular complexity index is 508. The minimum Gasteiger partial charge on any atom is -0.308 e. The smallest absolute Gasteiger partial charge is 0.243 e. The number of hydrogen-bond acceptors (Lipinski definition) is 3. The van der Waals surface area contributed by atoms with Gasteiger partial charge in [-0.3, -0.25) is 0 Å². The number of likely N-dealkylation sites (N-methyl/N-ethyl adjacent to an activating group) is 1. The van der Waals surface area contributed by atoms with E-state index in [-0.39, 0.29) is 6.04 Å². The van der Waals surface area contributed by atoms with E-state index >= 15 is 0 Å². The molecule has 0 unspecified atom stereocenters. The predicted molar refractivity (Wildman–Crippen MR) is 81.1 cm³/mol. The number of rotatable bonds is 6. The van der Waals surface area contributed by atoms with Crippen molar-refractivity contribution in [3.63, 3.8) is 0 Å². The van der Waals surface area contributed by atoms with E-state index in [0.29, 0.717) is 11.4 Å². The molecule has 1 aromatic rings. The molecule has 0 bridgehead atoms. The Labute approximate surface area is 122 Å². The van der Waals surface area contributed by atoms with Gasteiger partial charge in [0.1, 0.15) is 0 Å². The number of nitrogens with zero attached hydrogens (tertiary/aromatic N) is 2. The van der Waals surface area contributed by atoms with E-state index in [9.17, 15) is 8.42 Å². The van der Waals surface area contributed by atoms with Crippen molar-refractivity contribution in [2.24, 2.45) is 0 Å². The van der Waals surface area contributed by atoms with Crippen molar-refractivity contribution < 1.29 is 8.42 Å². The summed E-state index contributed by atoms with van der Waals surface area (Å²) in [5, 5.41) is 0. The Morgan fingerprint density at radius 1 is 1.05 bits per heavy atom. The normalized spacial score (nSPS) is 17.2. The zero-order chi connectivity index (χ0) is 14.6. The summed E-state index contributed by atoms with van der Waals surface area (Å²) in [6.07, 6.45) is 4.24. The van der Waals surface area contributed by atoms with Crippen molar-refractivity contribution >= 4 is 10.0 Å². The highest BCUT2D eigenvalue weighted by atomic mass is 32.2. The topological polar surface area (TPSA) is 40.6 Å². The SMILES string of the molecule is CN(C)CCN(C1CCCC1)S(=O)(=O)c1ccccc1. The van der Waals surface area contributed by atoms with Gasteiger partial charge >= 0.3 is 0 Å². The summed E-state index contributed by atoms with van der Waals surface area (Å²) in [5.74, 6) is 0. The molecule has 1 aliphatic carbocycles. The second-order valence-corrected chi connectivity index (χ2v) is 7.56. The highest BCUT2D eigenvalue weighted by molar-refractivity contribution is 7.89. The van der Waals surface area contributed by atoms with Crippen LogP contribution in [0.4, 0.5) is 0 Å². The second-order valence-electron chi connectivity index (χ2n) is 5.67. The molecule has 0 saturated heterocycles. The fourth-order valence-corrected chi connectivity index (χ4v) is 4.41. The summed E-state index contributed by atoms with van der Waals surface area (Å²) in [6.45, 7) is 1.32. The maximum absolute atomic E-state index is 12.8. The average Bonchev–Trinajstić information content (AvgIpc) is 2.93. The Morgan fingerprint density at radius 3 is 2.20 bits per heavy atom. The van der Waals surface area contributed by atoms with Gasteiger partial charge in [-0.25, -0.2) is 8.42 Å². The molecule has 0 heterocycles. The number of benzene rings is 1. The van der Waals surface area contributed by atoms with Crippen LogP contribution in [0.25, 0.3) is 0 Å². The van der Waals surface area contributed by atoms with Gasteiger partial charge in [-0.2, -0.15) is 4.31 Å². The summed E-state index contributed by atoms with van der Waals surface area (Å²) >= 11 is 0. The highest BCUT2D eigenvalue weighted by Crippen LogP contribution is 2.28. The molecule has 112 valence electrons. The van der Waals surface area contributed by atoms with Crippen molar-refractivity contribution in [3.8, 4) is 0 Å². The molecule has 20 heavy (non-hydrogen) atoms. The lowest BCUT2D eigenvalue weighted by Gasteiger charge is -2.29. The summed E-state index contributed by atoms with van der Waals surface area (Å²) in [7, 11) is 0.575. The molecular weight excluding hydrogens is 272 g/mol. The van der Waals surface area contributed by atoms with Crippen LogP contribution in [0, 0.1) is 0 Å². The zero-order valence-electron chi connectivity index (χ0n) is 12.3. The van der Waals surface area contributed by atoms with Crippen LogP contribution in [0.2, 0.25) is 0 Å². The van der Waals surface area contributed by atoms with Crippen LogP contribution in [0.1, 0.15) is 25.7 Å². The van der Waals surface area contributed by atoms with E-state index in [2.05, 4.69) is 0 Å². The highest BCUT2D eigenvalue weighted by Gasteiger charge is 2.32. The van der Waals surface area contributed by atoms with Crippen molar-refractivity contribution in [1.29, 1.82) is 0 Å². The lowest BCUT2D eigenvalue weighted by Crippen LogP contribution is -2.42. The molecule has 1 saturated carbocycles. The molecule has 1 fully saturated rings. The monoisotopic (exact) mass is 296 g/mol. The van der Waals surface area contributed by atoms with Gasteiger partial charge in [0, 0.05) is 19.1 Å². The van der Waals surface area contributed by atoms with Crippen LogP contribution in [0.3, 0.4) is 0 Å². The summed E-state index contributed by atoms with van der Waals surface area (Å²) in [4.78, 5) is 2.44. The van der Waals surface area contributed by atoms with Gasteiger partial charge in [0.05, 0.1) is 4.90 Å². The lowest BCUT2D eigenvalue weighted by atomic mass is 10.2. The average molecular weight is 296 g/mol. The zero-order valence-corrected chi connectivity index (χ0v) is 13.1. The van der Waals surface area contributed by atoms with E-state index < -0.39 is 10.0 Å². The number of hydrogen-bond donors (Lipinski definition) is 0. The van der Waals surface area contributed by atoms with Crippen molar-refractivity contribution in [3.05, 3.63) is 30.3 Å². The Hall–Kier alpha value is -0.910. The van der Waals surface area contributed by atoms with Gasteiger partial charge in [0.25, 0.3) is 0 Å². The molecule has 0 aromatic heterocycles. The van der Waals surface area contributed by atoms with E-state index in [4.69, 9.17) is 0 Å². The van der Waals surface area contributed by atoms with Crippen LogP contribution in [-0.4, -0.2) is 50.8 Å². The molecule has 0 amide bonds. The summed E-state index contributed by atoms with van der Waals surface area (Å²) < 4.78 is 27.4. The first-order valence-electron chi connectivity index (χ1n) is 7.23. The molecule has 0 N–H and O–H groups in total. The van der Waals surface area contributed by atoms with E-state index in [0.717, 1.165) is 32.2 Å². The van der Waals surface area contributed by atoms with Gasteiger partial charge in [-0.05, 0) is 39.1 Å². The van der Waals surface area contributed by atoms with Crippen LogP contribution < -0.4 is 0 Å². The van der Waals surface area contributed by atoms with Gasteiger partial charge in [-0.1, -0.05) is 31.0 Å². The molecule has 4 nitrogen and oxygen atoms in total. The van der Waals surface area contributed by atoms with E-state index in [1.165, 1.54) is 0 Å². The molecule has 0 radical (unpaired) electrons. The van der Waals surface area contributed by atoms with E-state index in [1.807, 2.05) is 25.1 Å².